The fraction of sp³-hybridized carbons (Fsp3) is 0.240. The summed E-state index contributed by atoms with van der Waals surface area (Å²) >= 11 is 8.00. The maximum atomic E-state index is 10.8. The molecule has 0 radical (unpaired) electrons. The van der Waals surface area contributed by atoms with Crippen LogP contribution in [0.3, 0.4) is 0 Å². The number of pyridine rings is 1. The number of carbonyl (C=O) groups is 1. The Bertz CT molecular complexity index is 1390. The number of hydrogen-bond acceptors (Lipinski definition) is 10. The fourth-order valence-corrected chi connectivity index (χ4v) is 4.37. The summed E-state index contributed by atoms with van der Waals surface area (Å²) in [4.78, 5) is 31.0. The lowest BCUT2D eigenvalue weighted by atomic mass is 10.3. The summed E-state index contributed by atoms with van der Waals surface area (Å²) in [6, 6.07) is 9.25. The van der Waals surface area contributed by atoms with Crippen molar-refractivity contribution in [3.63, 3.8) is 0 Å². The van der Waals surface area contributed by atoms with Gasteiger partial charge in [-0.25, -0.2) is 19.9 Å². The Morgan fingerprint density at radius 3 is 2.84 bits per heavy atom. The van der Waals surface area contributed by atoms with Crippen molar-refractivity contribution in [3.8, 4) is 5.75 Å². The van der Waals surface area contributed by atoms with Crippen molar-refractivity contribution in [1.29, 1.82) is 0 Å². The number of rotatable bonds is 7. The second-order valence-corrected chi connectivity index (χ2v) is 9.65. The fourth-order valence-electron chi connectivity index (χ4n) is 3.44. The van der Waals surface area contributed by atoms with E-state index in [-0.39, 0.29) is 5.91 Å². The van der Waals surface area contributed by atoms with E-state index < -0.39 is 0 Å². The van der Waals surface area contributed by atoms with Crippen LogP contribution in [-0.2, 0) is 11.4 Å². The average Bonchev–Trinajstić information content (AvgIpc) is 3.60. The van der Waals surface area contributed by atoms with E-state index in [1.165, 1.54) is 12.4 Å². The molecular formula is C25H27ClN8O2S. The number of halogens is 1. The highest BCUT2D eigenvalue weighted by molar-refractivity contribution is 7.11. The molecule has 1 aliphatic heterocycles. The monoisotopic (exact) mass is 538 g/mol. The number of carbonyl (C=O) groups excluding carboxylic acids is 1. The number of benzene rings is 1. The van der Waals surface area contributed by atoms with Crippen LogP contribution in [0.5, 0.6) is 5.75 Å². The van der Waals surface area contributed by atoms with Crippen LogP contribution in [0.1, 0.15) is 9.88 Å². The Morgan fingerprint density at radius 2 is 2.16 bits per heavy atom. The van der Waals surface area contributed by atoms with Crippen molar-refractivity contribution in [3.05, 3.63) is 70.4 Å². The predicted octanol–water partition coefficient (Wildman–Crippen LogP) is 4.37. The van der Waals surface area contributed by atoms with E-state index in [1.807, 2.05) is 44.4 Å². The number of hydrogen-bond donors (Lipinski definition) is 3. The molecule has 10 nitrogen and oxygen atoms in total. The molecule has 0 bridgehead atoms. The van der Waals surface area contributed by atoms with Crippen molar-refractivity contribution in [1.82, 2.24) is 30.2 Å². The van der Waals surface area contributed by atoms with E-state index >= 15 is 0 Å². The average molecular weight is 539 g/mol. The zero-order valence-electron chi connectivity index (χ0n) is 20.5. The van der Waals surface area contributed by atoms with Crippen molar-refractivity contribution in [2.24, 2.45) is 0 Å². The van der Waals surface area contributed by atoms with Crippen LogP contribution in [0.2, 0.25) is 5.02 Å². The predicted molar refractivity (Wildman–Crippen MR) is 148 cm³/mol. The zero-order valence-corrected chi connectivity index (χ0v) is 22.1. The van der Waals surface area contributed by atoms with E-state index in [1.54, 1.807) is 22.3 Å². The summed E-state index contributed by atoms with van der Waals surface area (Å²) in [5.74, 6) is 1.96. The molecule has 4 aromatic rings. The molecule has 0 aliphatic carbocycles. The first-order valence-electron chi connectivity index (χ1n) is 11.5. The van der Waals surface area contributed by atoms with Gasteiger partial charge in [-0.05, 0) is 43.3 Å². The normalized spacial score (nSPS) is 12.6. The maximum absolute atomic E-state index is 10.8. The van der Waals surface area contributed by atoms with E-state index in [0.29, 0.717) is 35.4 Å². The minimum atomic E-state index is 0.0139. The third-order valence-electron chi connectivity index (χ3n) is 5.30. The van der Waals surface area contributed by atoms with Crippen LogP contribution in [0.25, 0.3) is 11.0 Å². The minimum Gasteiger partial charge on any atom is -0.485 e. The number of aromatic nitrogens is 4. The summed E-state index contributed by atoms with van der Waals surface area (Å²) in [6.45, 7) is 8.17. The number of fused-ring (bicyclic) bond motifs is 1. The van der Waals surface area contributed by atoms with Gasteiger partial charge in [-0.2, -0.15) is 0 Å². The topological polar surface area (TPSA) is 117 Å². The third-order valence-corrected chi connectivity index (χ3v) is 6.48. The standard InChI is InChI=1S/C19H17ClN6OS.C6H10N2O/c1-11-8-22-17(28-11)9-27-15-5-3-12(7-13(15)20)25-19-18-14(23-10-24-19)4-6-16(21-2)26-18;1-2-6(9)8-4-3-7-5-8/h3-8,10H,9H2,1-2H3,(H,21,26)(H,23,24,25);2,7H,1,3-5H2. The molecule has 3 N–H and O–H groups in total. The van der Waals surface area contributed by atoms with Crippen LogP contribution < -0.4 is 20.7 Å². The van der Waals surface area contributed by atoms with Gasteiger partial charge in [0.25, 0.3) is 0 Å². The summed E-state index contributed by atoms with van der Waals surface area (Å²) in [5, 5.41) is 10.7. The van der Waals surface area contributed by atoms with Crippen LogP contribution in [-0.4, -0.2) is 57.5 Å². The molecule has 1 aliphatic rings. The zero-order chi connectivity index (χ0) is 26.2. The van der Waals surface area contributed by atoms with Gasteiger partial charge in [-0.1, -0.05) is 18.2 Å². The first-order valence-corrected chi connectivity index (χ1v) is 12.7. The summed E-state index contributed by atoms with van der Waals surface area (Å²) in [5.41, 5.74) is 2.20. The quantitative estimate of drug-likeness (QED) is 0.295. The SMILES string of the molecule is C=CC(=O)N1CCNC1.CNc1ccc2ncnc(Nc3ccc(OCc4ncc(C)s4)c(Cl)c3)c2n1. The molecular weight excluding hydrogens is 512 g/mol. The van der Waals surface area contributed by atoms with Crippen molar-refractivity contribution >= 4 is 57.2 Å². The molecule has 1 amide bonds. The maximum Gasteiger partial charge on any atom is 0.247 e. The molecule has 0 unspecified atom stereocenters. The van der Waals surface area contributed by atoms with Crippen LogP contribution in [0.15, 0.2) is 55.5 Å². The van der Waals surface area contributed by atoms with E-state index in [0.717, 1.165) is 40.0 Å². The summed E-state index contributed by atoms with van der Waals surface area (Å²) < 4.78 is 5.78. The smallest absolute Gasteiger partial charge is 0.247 e. The number of anilines is 3. The van der Waals surface area contributed by atoms with Crippen LogP contribution in [0, 0.1) is 6.92 Å². The van der Waals surface area contributed by atoms with Gasteiger partial charge in [0, 0.05) is 36.9 Å². The minimum absolute atomic E-state index is 0.0139. The Balaban J connectivity index is 0.000000301. The molecule has 1 aromatic carbocycles. The van der Waals surface area contributed by atoms with Gasteiger partial charge in [0.2, 0.25) is 5.91 Å². The first kappa shape index (κ1) is 26.3. The summed E-state index contributed by atoms with van der Waals surface area (Å²) in [6.07, 6.45) is 4.67. The Kier molecular flexibility index (Phi) is 8.83. The number of ether oxygens (including phenoxy) is 1. The highest BCUT2D eigenvalue weighted by Crippen LogP contribution is 2.31. The van der Waals surface area contributed by atoms with Gasteiger partial charge in [-0.15, -0.1) is 11.3 Å². The molecule has 0 spiro atoms. The van der Waals surface area contributed by atoms with Gasteiger partial charge in [0.1, 0.15) is 35.0 Å². The Labute approximate surface area is 223 Å². The third kappa shape index (κ3) is 6.91. The second kappa shape index (κ2) is 12.4. The lowest BCUT2D eigenvalue weighted by Crippen LogP contribution is -2.27. The lowest BCUT2D eigenvalue weighted by Gasteiger charge is -2.11. The molecule has 37 heavy (non-hydrogen) atoms. The van der Waals surface area contributed by atoms with E-state index in [4.69, 9.17) is 16.3 Å². The van der Waals surface area contributed by atoms with Gasteiger partial charge in [0.05, 0.1) is 17.2 Å². The molecule has 3 aromatic heterocycles. The van der Waals surface area contributed by atoms with Crippen LogP contribution >= 0.6 is 22.9 Å². The number of amides is 1. The number of nitrogens with zero attached hydrogens (tertiary/aromatic N) is 5. The van der Waals surface area contributed by atoms with Crippen molar-refractivity contribution in [2.45, 2.75) is 13.5 Å². The van der Waals surface area contributed by atoms with Gasteiger partial charge >= 0.3 is 0 Å². The molecule has 0 atom stereocenters. The molecule has 192 valence electrons. The molecule has 0 saturated carbocycles. The molecule has 1 fully saturated rings. The number of nitrogens with one attached hydrogen (secondary N) is 3. The molecule has 1 saturated heterocycles. The van der Waals surface area contributed by atoms with Gasteiger partial charge in [0.15, 0.2) is 5.82 Å². The highest BCUT2D eigenvalue weighted by atomic mass is 35.5. The van der Waals surface area contributed by atoms with Crippen molar-refractivity contribution < 1.29 is 9.53 Å². The van der Waals surface area contributed by atoms with E-state index in [2.05, 4.69) is 42.5 Å². The Morgan fingerprint density at radius 1 is 1.30 bits per heavy atom. The lowest BCUT2D eigenvalue weighted by molar-refractivity contribution is -0.125. The molecule has 12 heteroatoms. The Hall–Kier alpha value is -3.80. The second-order valence-electron chi connectivity index (χ2n) is 7.92. The van der Waals surface area contributed by atoms with Crippen LogP contribution in [0.4, 0.5) is 17.3 Å². The van der Waals surface area contributed by atoms with Gasteiger partial charge in [-0.3, -0.25) is 10.1 Å². The molecule has 5 rings (SSSR count). The van der Waals surface area contributed by atoms with Gasteiger partial charge < -0.3 is 20.3 Å². The highest BCUT2D eigenvalue weighted by Gasteiger charge is 2.13. The largest absolute Gasteiger partial charge is 0.485 e. The number of aryl methyl sites for hydroxylation is 1. The summed E-state index contributed by atoms with van der Waals surface area (Å²) in [7, 11) is 1.82. The molecule has 4 heterocycles. The van der Waals surface area contributed by atoms with E-state index in [9.17, 15) is 4.79 Å². The van der Waals surface area contributed by atoms with Crippen molar-refractivity contribution in [2.75, 3.05) is 37.4 Å². The first-order chi connectivity index (χ1) is 18.0. The number of thiazole rings is 1.